The minimum Gasteiger partial charge on any atom is -0.323 e. The first kappa shape index (κ1) is 12.4. The van der Waals surface area contributed by atoms with E-state index in [1.54, 1.807) is 0 Å². The van der Waals surface area contributed by atoms with Crippen LogP contribution < -0.4 is 11.3 Å². The highest BCUT2D eigenvalue weighted by atomic mass is 15.2. The predicted octanol–water partition coefficient (Wildman–Crippen LogP) is 3.41. The van der Waals surface area contributed by atoms with E-state index in [1.807, 2.05) is 0 Å². The molecule has 1 aliphatic carbocycles. The van der Waals surface area contributed by atoms with Crippen LogP contribution in [0.5, 0.6) is 0 Å². The zero-order valence-electron chi connectivity index (χ0n) is 11.7. The van der Waals surface area contributed by atoms with E-state index in [2.05, 4.69) is 31.4 Å². The van der Waals surface area contributed by atoms with Gasteiger partial charge in [-0.1, -0.05) is 18.1 Å². The summed E-state index contributed by atoms with van der Waals surface area (Å²) >= 11 is 0. The van der Waals surface area contributed by atoms with Crippen LogP contribution in [0.15, 0.2) is 12.1 Å². The topological polar surface area (TPSA) is 50.9 Å². The van der Waals surface area contributed by atoms with E-state index in [4.69, 9.17) is 10.8 Å². The number of rotatable bonds is 1. The van der Waals surface area contributed by atoms with Crippen molar-refractivity contribution in [2.75, 3.05) is 5.43 Å². The molecule has 0 bridgehead atoms. The molecule has 3 heteroatoms. The van der Waals surface area contributed by atoms with Gasteiger partial charge in [0.2, 0.25) is 0 Å². The Labute approximate surface area is 114 Å². The van der Waals surface area contributed by atoms with Crippen LogP contribution in [0.3, 0.4) is 0 Å². The Bertz CT molecular complexity index is 632. The van der Waals surface area contributed by atoms with Crippen LogP contribution in [0.2, 0.25) is 0 Å². The zero-order chi connectivity index (χ0) is 13.4. The van der Waals surface area contributed by atoms with Gasteiger partial charge < -0.3 is 5.43 Å². The molecule has 1 aliphatic rings. The molecule has 19 heavy (non-hydrogen) atoms. The average Bonchev–Trinajstić information content (AvgIpc) is 2.61. The van der Waals surface area contributed by atoms with Crippen LogP contribution in [0.25, 0.3) is 10.9 Å². The molecule has 1 heterocycles. The molecule has 0 spiro atoms. The van der Waals surface area contributed by atoms with Crippen LogP contribution >= 0.6 is 0 Å². The predicted molar refractivity (Wildman–Crippen MR) is 80.3 cm³/mol. The molecule has 3 nitrogen and oxygen atoms in total. The third-order valence-corrected chi connectivity index (χ3v) is 4.10. The highest BCUT2D eigenvalue weighted by molar-refractivity contribution is 5.95. The van der Waals surface area contributed by atoms with Gasteiger partial charge in [0, 0.05) is 11.1 Å². The van der Waals surface area contributed by atoms with E-state index >= 15 is 0 Å². The number of hydrogen-bond donors (Lipinski definition) is 2. The number of aromatic nitrogens is 1. The maximum atomic E-state index is 5.81. The quantitative estimate of drug-likeness (QED) is 0.466. The summed E-state index contributed by atoms with van der Waals surface area (Å²) in [7, 11) is 0. The molecular formula is C16H21N3. The summed E-state index contributed by atoms with van der Waals surface area (Å²) in [5, 5.41) is 1.17. The molecule has 0 radical (unpaired) electrons. The van der Waals surface area contributed by atoms with Crippen molar-refractivity contribution < 1.29 is 0 Å². The van der Waals surface area contributed by atoms with Crippen LogP contribution in [0, 0.1) is 13.8 Å². The van der Waals surface area contributed by atoms with Crippen molar-refractivity contribution in [2.45, 2.75) is 46.0 Å². The van der Waals surface area contributed by atoms with Gasteiger partial charge in [0.15, 0.2) is 0 Å². The first-order valence-electron chi connectivity index (χ1n) is 7.10. The van der Waals surface area contributed by atoms with Crippen molar-refractivity contribution in [3.8, 4) is 0 Å². The number of fused-ring (bicyclic) bond motifs is 2. The van der Waals surface area contributed by atoms with Gasteiger partial charge in [0.05, 0.1) is 11.2 Å². The number of nitrogens with zero attached hydrogens (tertiary/aromatic N) is 1. The Kier molecular flexibility index (Phi) is 3.15. The second-order valence-corrected chi connectivity index (χ2v) is 5.60. The number of nitrogens with two attached hydrogens (primary N) is 1. The average molecular weight is 255 g/mol. The molecule has 3 rings (SSSR count). The van der Waals surface area contributed by atoms with Crippen molar-refractivity contribution >= 4 is 16.6 Å². The molecular weight excluding hydrogens is 234 g/mol. The summed E-state index contributed by atoms with van der Waals surface area (Å²) in [5.74, 6) is 5.81. The maximum absolute atomic E-state index is 5.81. The normalized spacial score (nSPS) is 15.1. The third-order valence-electron chi connectivity index (χ3n) is 4.10. The number of aryl methyl sites for hydroxylation is 3. The highest BCUT2D eigenvalue weighted by Crippen LogP contribution is 2.33. The summed E-state index contributed by atoms with van der Waals surface area (Å²) in [6, 6.07) is 4.38. The van der Waals surface area contributed by atoms with Gasteiger partial charge in [-0.3, -0.25) is 10.8 Å². The first-order valence-corrected chi connectivity index (χ1v) is 7.10. The van der Waals surface area contributed by atoms with Gasteiger partial charge in [-0.05, 0) is 56.7 Å². The fourth-order valence-corrected chi connectivity index (χ4v) is 3.22. The molecule has 3 N–H and O–H groups in total. The number of pyridine rings is 1. The highest BCUT2D eigenvalue weighted by Gasteiger charge is 2.17. The van der Waals surface area contributed by atoms with Gasteiger partial charge in [-0.25, -0.2) is 0 Å². The smallest absolute Gasteiger partial charge is 0.0756 e. The second-order valence-electron chi connectivity index (χ2n) is 5.60. The molecule has 0 unspecified atom stereocenters. The van der Waals surface area contributed by atoms with E-state index < -0.39 is 0 Å². The van der Waals surface area contributed by atoms with Crippen LogP contribution in [0.1, 0.15) is 41.6 Å². The third kappa shape index (κ3) is 2.08. The first-order chi connectivity index (χ1) is 9.20. The molecule has 0 aliphatic heterocycles. The summed E-state index contributed by atoms with van der Waals surface area (Å²) in [4.78, 5) is 4.93. The lowest BCUT2D eigenvalue weighted by atomic mass is 9.99. The molecule has 1 aromatic carbocycles. The number of nitrogen functional groups attached to an aromatic ring is 1. The Morgan fingerprint density at radius 1 is 1.11 bits per heavy atom. The fraction of sp³-hybridized carbons (Fsp3) is 0.438. The van der Waals surface area contributed by atoms with E-state index in [-0.39, 0.29) is 0 Å². The van der Waals surface area contributed by atoms with Crippen molar-refractivity contribution in [1.29, 1.82) is 0 Å². The van der Waals surface area contributed by atoms with E-state index in [0.717, 1.165) is 24.0 Å². The van der Waals surface area contributed by atoms with Gasteiger partial charge in [-0.2, -0.15) is 0 Å². The Balaban J connectivity index is 2.36. The standard InChI is InChI=1S/C16H21N3/c1-10-8-11(2)15-13(9-10)16(19-17)12-6-4-3-5-7-14(12)18-15/h8-9H,3-7,17H2,1-2H3,(H,18,19). The molecule has 0 amide bonds. The van der Waals surface area contributed by atoms with Gasteiger partial charge in [-0.15, -0.1) is 0 Å². The Hall–Kier alpha value is -1.61. The molecule has 0 atom stereocenters. The van der Waals surface area contributed by atoms with Crippen molar-refractivity contribution in [2.24, 2.45) is 5.84 Å². The summed E-state index contributed by atoms with van der Waals surface area (Å²) < 4.78 is 0. The van der Waals surface area contributed by atoms with Crippen LogP contribution in [-0.2, 0) is 12.8 Å². The molecule has 100 valence electrons. The minimum absolute atomic E-state index is 1.08. The summed E-state index contributed by atoms with van der Waals surface area (Å²) in [6.45, 7) is 4.25. The number of nitrogens with one attached hydrogen (secondary N) is 1. The Morgan fingerprint density at radius 3 is 2.68 bits per heavy atom. The lowest BCUT2D eigenvalue weighted by molar-refractivity contribution is 0.709. The number of hydrazine groups is 1. The van der Waals surface area contributed by atoms with E-state index in [0.29, 0.717) is 0 Å². The molecule has 0 fully saturated rings. The van der Waals surface area contributed by atoms with Gasteiger partial charge in [0.1, 0.15) is 0 Å². The fourth-order valence-electron chi connectivity index (χ4n) is 3.22. The monoisotopic (exact) mass is 255 g/mol. The number of benzene rings is 1. The largest absolute Gasteiger partial charge is 0.323 e. The molecule has 0 saturated heterocycles. The lowest BCUT2D eigenvalue weighted by Crippen LogP contribution is -2.12. The SMILES string of the molecule is Cc1cc(C)c2nc3c(c(NN)c2c1)CCCCC3. The summed E-state index contributed by atoms with van der Waals surface area (Å²) in [6.07, 6.45) is 5.92. The summed E-state index contributed by atoms with van der Waals surface area (Å²) in [5.41, 5.74) is 10.2. The van der Waals surface area contributed by atoms with E-state index in [9.17, 15) is 0 Å². The Morgan fingerprint density at radius 2 is 1.89 bits per heavy atom. The molecule has 0 saturated carbocycles. The van der Waals surface area contributed by atoms with Crippen molar-refractivity contribution in [3.05, 3.63) is 34.5 Å². The lowest BCUT2D eigenvalue weighted by Gasteiger charge is -2.16. The second kappa shape index (κ2) is 4.82. The molecule has 2 aromatic rings. The van der Waals surface area contributed by atoms with Crippen LogP contribution in [-0.4, -0.2) is 4.98 Å². The number of anilines is 1. The minimum atomic E-state index is 1.08. The van der Waals surface area contributed by atoms with Gasteiger partial charge in [0.25, 0.3) is 0 Å². The van der Waals surface area contributed by atoms with Crippen molar-refractivity contribution in [3.63, 3.8) is 0 Å². The zero-order valence-corrected chi connectivity index (χ0v) is 11.7. The van der Waals surface area contributed by atoms with Crippen molar-refractivity contribution in [1.82, 2.24) is 4.98 Å². The molecule has 1 aromatic heterocycles. The van der Waals surface area contributed by atoms with E-state index in [1.165, 1.54) is 47.0 Å². The van der Waals surface area contributed by atoms with Gasteiger partial charge >= 0.3 is 0 Å². The van der Waals surface area contributed by atoms with Crippen LogP contribution in [0.4, 0.5) is 5.69 Å². The maximum Gasteiger partial charge on any atom is 0.0756 e. The number of hydrogen-bond acceptors (Lipinski definition) is 3.